The number of carbonyl (C=O) groups excluding carboxylic acids is 2. The van der Waals surface area contributed by atoms with Crippen molar-refractivity contribution >= 4 is 17.5 Å². The number of hydrogen-bond donors (Lipinski definition) is 6. The fraction of sp³-hybridized carbons (Fsp3) is 0.650. The van der Waals surface area contributed by atoms with Gasteiger partial charge in [-0.05, 0) is 73.1 Å². The number of anilines is 1. The SMILES string of the molecule is COc1c(CN2O[C@@H](CO)[C@H]([C@H](C)O)[C@H]2C(=O)N[C@H]2C[C@H]3C[C@@H]([C@@H]2C)C3(C)C)cccc1-c1cc(C(=O)NCCC2CNCCN2)cc(N(C)C)c1. The normalized spacial score (nSPS) is 30.2. The Morgan fingerprint density at radius 3 is 2.60 bits per heavy atom. The Hall–Kier alpha value is -3.26. The van der Waals surface area contributed by atoms with E-state index in [0.717, 1.165) is 54.9 Å². The number of ether oxygens (including phenoxy) is 1. The van der Waals surface area contributed by atoms with Gasteiger partial charge in [-0.15, -0.1) is 0 Å². The summed E-state index contributed by atoms with van der Waals surface area (Å²) < 4.78 is 6.06. The molecule has 286 valence electrons. The van der Waals surface area contributed by atoms with Crippen molar-refractivity contribution in [2.24, 2.45) is 29.1 Å². The molecule has 52 heavy (non-hydrogen) atoms. The summed E-state index contributed by atoms with van der Waals surface area (Å²) in [6.45, 7) is 11.7. The van der Waals surface area contributed by atoms with E-state index in [1.165, 1.54) is 6.42 Å². The molecule has 2 heterocycles. The van der Waals surface area contributed by atoms with Crippen molar-refractivity contribution in [3.05, 3.63) is 47.5 Å². The number of carbonyl (C=O) groups is 2. The summed E-state index contributed by atoms with van der Waals surface area (Å²) in [5.41, 5.74) is 4.08. The lowest BCUT2D eigenvalue weighted by Crippen LogP contribution is -2.62. The molecule has 1 unspecified atom stereocenters. The van der Waals surface area contributed by atoms with Crippen LogP contribution < -0.4 is 30.9 Å². The first-order valence-electron chi connectivity index (χ1n) is 19.1. The second kappa shape index (κ2) is 16.0. The number of aliphatic hydroxyl groups is 2. The van der Waals surface area contributed by atoms with Crippen molar-refractivity contribution in [3.63, 3.8) is 0 Å². The van der Waals surface area contributed by atoms with E-state index in [1.54, 1.807) is 19.1 Å². The number of benzene rings is 2. The molecule has 0 radical (unpaired) electrons. The number of hydroxylamine groups is 2. The van der Waals surface area contributed by atoms with Crippen molar-refractivity contribution in [1.29, 1.82) is 0 Å². The van der Waals surface area contributed by atoms with Crippen molar-refractivity contribution in [2.75, 3.05) is 58.9 Å². The molecule has 12 nitrogen and oxygen atoms in total. The molecule has 2 saturated heterocycles. The van der Waals surface area contributed by atoms with Crippen LogP contribution in [-0.2, 0) is 16.2 Å². The van der Waals surface area contributed by atoms with E-state index in [9.17, 15) is 19.8 Å². The average Bonchev–Trinajstić information content (AvgIpc) is 3.51. The van der Waals surface area contributed by atoms with Gasteiger partial charge in [0.05, 0.1) is 26.4 Å². The average molecular weight is 721 g/mol. The largest absolute Gasteiger partial charge is 0.496 e. The van der Waals surface area contributed by atoms with Gasteiger partial charge >= 0.3 is 0 Å². The van der Waals surface area contributed by atoms with Crippen molar-refractivity contribution in [3.8, 4) is 16.9 Å². The lowest BCUT2D eigenvalue weighted by atomic mass is 9.45. The van der Waals surface area contributed by atoms with Crippen LogP contribution >= 0.6 is 0 Å². The van der Waals surface area contributed by atoms with Crippen LogP contribution in [0, 0.1) is 29.1 Å². The van der Waals surface area contributed by atoms with Gasteiger partial charge in [0.15, 0.2) is 0 Å². The molecule has 5 fully saturated rings. The van der Waals surface area contributed by atoms with Gasteiger partial charge in [0, 0.05) is 80.7 Å². The zero-order valence-electron chi connectivity index (χ0n) is 31.9. The second-order valence-corrected chi connectivity index (χ2v) is 16.3. The molecular weight excluding hydrogens is 660 g/mol. The molecule has 2 aromatic rings. The van der Waals surface area contributed by atoms with E-state index >= 15 is 0 Å². The molecule has 2 amide bonds. The third-order valence-corrected chi connectivity index (χ3v) is 12.6. The van der Waals surface area contributed by atoms with Gasteiger partial charge in [0.2, 0.25) is 5.91 Å². The smallest absolute Gasteiger partial charge is 0.251 e. The van der Waals surface area contributed by atoms with Crippen LogP contribution in [0.4, 0.5) is 5.69 Å². The first kappa shape index (κ1) is 38.5. The highest BCUT2D eigenvalue weighted by Gasteiger charge is 2.57. The zero-order chi connectivity index (χ0) is 37.3. The van der Waals surface area contributed by atoms with Crippen LogP contribution in [0.15, 0.2) is 36.4 Å². The fourth-order valence-corrected chi connectivity index (χ4v) is 9.37. The van der Waals surface area contributed by atoms with Gasteiger partial charge in [-0.25, -0.2) is 0 Å². The predicted octanol–water partition coefficient (Wildman–Crippen LogP) is 2.77. The molecule has 6 N–H and O–H groups in total. The number of methoxy groups -OCH3 is 1. The minimum atomic E-state index is -0.892. The first-order valence-corrected chi connectivity index (χ1v) is 19.1. The van der Waals surface area contributed by atoms with E-state index in [0.29, 0.717) is 41.7 Å². The molecular formula is C40H60N6O6. The maximum absolute atomic E-state index is 14.2. The summed E-state index contributed by atoms with van der Waals surface area (Å²) >= 11 is 0. The van der Waals surface area contributed by atoms with Gasteiger partial charge in [-0.1, -0.05) is 39.0 Å². The molecule has 5 aliphatic rings. The Kier molecular flexibility index (Phi) is 11.8. The van der Waals surface area contributed by atoms with E-state index in [1.807, 2.05) is 55.4 Å². The number of amides is 2. The molecule has 2 aromatic carbocycles. The number of piperazine rings is 1. The van der Waals surface area contributed by atoms with Gasteiger partial charge in [0.1, 0.15) is 17.9 Å². The standard InChI is InChI=1S/C40H60N6O6/c1-23-32-18-28(40(32,3)4)19-33(23)44-39(50)36-35(24(2)48)34(22-47)52-46(36)21-25-9-8-10-31(37(25)51-7)26-15-27(17-30(16-26)45(5)6)38(49)43-12-11-29-20-41-13-14-42-29/h8-10,15-17,23-24,28-29,32-36,41-42,47-48H,11-14,18-22H2,1-7H3,(H,43,49)(H,44,50)/t23-,24-,28+,29?,32-,33-,34-,35-,36-/m0/s1. The summed E-state index contributed by atoms with van der Waals surface area (Å²) in [7, 11) is 5.50. The molecule has 0 aromatic heterocycles. The monoisotopic (exact) mass is 720 g/mol. The van der Waals surface area contributed by atoms with Gasteiger partial charge < -0.3 is 41.1 Å². The number of nitrogens with zero attached hydrogens (tertiary/aromatic N) is 2. The highest BCUT2D eigenvalue weighted by atomic mass is 16.7. The number of rotatable bonds is 13. The molecule has 7 rings (SSSR count). The molecule has 2 aliphatic heterocycles. The lowest BCUT2D eigenvalue weighted by molar-refractivity contribution is -0.183. The van der Waals surface area contributed by atoms with Crippen LogP contribution in [0.3, 0.4) is 0 Å². The van der Waals surface area contributed by atoms with Crippen LogP contribution in [-0.4, -0.2) is 111 Å². The number of fused-ring (bicyclic) bond motifs is 2. The Labute approximate surface area is 308 Å². The number of aliphatic hydroxyl groups excluding tert-OH is 2. The highest BCUT2D eigenvalue weighted by Crippen LogP contribution is 2.61. The molecule has 12 heteroatoms. The van der Waals surface area contributed by atoms with Crippen LogP contribution in [0.5, 0.6) is 5.75 Å². The van der Waals surface area contributed by atoms with Gasteiger partial charge in [-0.3, -0.25) is 14.4 Å². The first-order chi connectivity index (χ1) is 24.8. The third-order valence-electron chi connectivity index (χ3n) is 12.6. The summed E-state index contributed by atoms with van der Waals surface area (Å²) in [5.74, 6) is 1.10. The number of para-hydroxylation sites is 1. The minimum Gasteiger partial charge on any atom is -0.496 e. The zero-order valence-corrected chi connectivity index (χ0v) is 31.9. The quantitative estimate of drug-likeness (QED) is 0.183. The van der Waals surface area contributed by atoms with E-state index in [2.05, 4.69) is 42.0 Å². The Balaban J connectivity index is 1.25. The predicted molar refractivity (Wildman–Crippen MR) is 202 cm³/mol. The molecule has 3 aliphatic carbocycles. The summed E-state index contributed by atoms with van der Waals surface area (Å²) in [4.78, 5) is 35.9. The summed E-state index contributed by atoms with van der Waals surface area (Å²) in [5, 5.41) is 36.2. The van der Waals surface area contributed by atoms with E-state index < -0.39 is 24.2 Å². The maximum atomic E-state index is 14.2. The third kappa shape index (κ3) is 7.69. The highest BCUT2D eigenvalue weighted by molar-refractivity contribution is 5.97. The van der Waals surface area contributed by atoms with Crippen LogP contribution in [0.25, 0.3) is 11.1 Å². The number of hydrogen-bond acceptors (Lipinski definition) is 10. The minimum absolute atomic E-state index is 0.0446. The lowest BCUT2D eigenvalue weighted by Gasteiger charge is -2.62. The fourth-order valence-electron chi connectivity index (χ4n) is 9.37. The maximum Gasteiger partial charge on any atom is 0.251 e. The Bertz CT molecular complexity index is 1580. The Morgan fingerprint density at radius 1 is 1.17 bits per heavy atom. The van der Waals surface area contributed by atoms with Crippen molar-refractivity contribution in [2.45, 2.75) is 83.8 Å². The molecule has 2 bridgehead atoms. The summed E-state index contributed by atoms with van der Waals surface area (Å²) in [6.07, 6.45) is 1.33. The second-order valence-electron chi connectivity index (χ2n) is 16.3. The van der Waals surface area contributed by atoms with Crippen LogP contribution in [0.1, 0.15) is 62.9 Å². The van der Waals surface area contributed by atoms with Crippen LogP contribution in [0.2, 0.25) is 0 Å². The Morgan fingerprint density at radius 2 is 1.96 bits per heavy atom. The van der Waals surface area contributed by atoms with Crippen molar-refractivity contribution in [1.82, 2.24) is 26.3 Å². The van der Waals surface area contributed by atoms with Gasteiger partial charge in [-0.2, -0.15) is 5.06 Å². The topological polar surface area (TPSA) is 148 Å². The molecule has 0 spiro atoms. The van der Waals surface area contributed by atoms with E-state index in [-0.39, 0.29) is 36.4 Å². The van der Waals surface area contributed by atoms with Gasteiger partial charge in [0.25, 0.3) is 5.91 Å². The molecule has 9 atom stereocenters. The molecule has 3 saturated carbocycles. The van der Waals surface area contributed by atoms with E-state index in [4.69, 9.17) is 9.57 Å². The summed E-state index contributed by atoms with van der Waals surface area (Å²) in [6, 6.07) is 11.2. The van der Waals surface area contributed by atoms with Crippen molar-refractivity contribution < 1.29 is 29.4 Å². The number of nitrogens with one attached hydrogen (secondary N) is 4.